The zero-order chi connectivity index (χ0) is 11.6. The molecular formula is C8H14F3N3O. The zero-order valence-corrected chi connectivity index (χ0v) is 8.34. The highest BCUT2D eigenvalue weighted by atomic mass is 19.4. The van der Waals surface area contributed by atoms with E-state index >= 15 is 0 Å². The SMILES string of the molecule is COC[C@@H]1CN(C(=N)N)C[C@@H]1C(F)(F)F. The van der Waals surface area contributed by atoms with E-state index in [9.17, 15) is 13.2 Å². The van der Waals surface area contributed by atoms with Crippen LogP contribution in [0.4, 0.5) is 13.2 Å². The monoisotopic (exact) mass is 225 g/mol. The van der Waals surface area contributed by atoms with Gasteiger partial charge in [0.2, 0.25) is 0 Å². The molecule has 0 aromatic rings. The fourth-order valence-electron chi connectivity index (χ4n) is 1.82. The third-order valence-corrected chi connectivity index (χ3v) is 2.58. The third-order valence-electron chi connectivity index (χ3n) is 2.58. The molecule has 1 saturated heterocycles. The highest BCUT2D eigenvalue weighted by Gasteiger charge is 2.49. The lowest BCUT2D eigenvalue weighted by atomic mass is 9.96. The molecular weight excluding hydrogens is 211 g/mol. The molecule has 0 bridgehead atoms. The molecule has 0 saturated carbocycles. The molecule has 1 rings (SSSR count). The van der Waals surface area contributed by atoms with Crippen molar-refractivity contribution in [2.75, 3.05) is 26.8 Å². The Morgan fingerprint density at radius 3 is 2.53 bits per heavy atom. The zero-order valence-electron chi connectivity index (χ0n) is 8.34. The lowest BCUT2D eigenvalue weighted by molar-refractivity contribution is -0.183. The van der Waals surface area contributed by atoms with Crippen molar-refractivity contribution in [3.63, 3.8) is 0 Å². The molecule has 0 aliphatic carbocycles. The largest absolute Gasteiger partial charge is 0.393 e. The molecule has 0 aromatic heterocycles. The topological polar surface area (TPSA) is 62.3 Å². The summed E-state index contributed by atoms with van der Waals surface area (Å²) in [5.41, 5.74) is 5.16. The number of ether oxygens (including phenoxy) is 1. The number of hydrogen-bond donors (Lipinski definition) is 2. The van der Waals surface area contributed by atoms with Gasteiger partial charge in [-0.05, 0) is 0 Å². The third kappa shape index (κ3) is 2.74. The maximum atomic E-state index is 12.6. The van der Waals surface area contributed by atoms with Gasteiger partial charge in [-0.3, -0.25) is 5.41 Å². The molecule has 1 heterocycles. The summed E-state index contributed by atoms with van der Waals surface area (Å²) in [5, 5.41) is 7.10. The molecule has 3 N–H and O–H groups in total. The normalized spacial score (nSPS) is 27.1. The van der Waals surface area contributed by atoms with Crippen molar-refractivity contribution in [2.24, 2.45) is 17.6 Å². The Morgan fingerprint density at radius 1 is 1.53 bits per heavy atom. The average Bonchev–Trinajstić information content (AvgIpc) is 2.48. The lowest BCUT2D eigenvalue weighted by Crippen LogP contribution is -2.36. The van der Waals surface area contributed by atoms with Crippen molar-refractivity contribution in [3.05, 3.63) is 0 Å². The van der Waals surface area contributed by atoms with Crippen LogP contribution in [0.1, 0.15) is 0 Å². The first-order valence-corrected chi connectivity index (χ1v) is 4.51. The van der Waals surface area contributed by atoms with Crippen molar-refractivity contribution in [2.45, 2.75) is 6.18 Å². The number of hydrogen-bond acceptors (Lipinski definition) is 2. The second-order valence-corrected chi connectivity index (χ2v) is 3.65. The standard InChI is InChI=1S/C8H14F3N3O/c1-15-4-5-2-14(7(12)13)3-6(5)8(9,10)11/h5-6H,2-4H2,1H3,(H3,12,13)/t5-,6-/m0/s1. The minimum absolute atomic E-state index is 0.0357. The molecule has 1 fully saturated rings. The number of rotatable bonds is 2. The Kier molecular flexibility index (Phi) is 3.43. The summed E-state index contributed by atoms with van der Waals surface area (Å²) in [6.45, 7) is -0.0752. The number of likely N-dealkylation sites (tertiary alicyclic amines) is 1. The van der Waals surface area contributed by atoms with Crippen LogP contribution in [-0.2, 0) is 4.74 Å². The summed E-state index contributed by atoms with van der Waals surface area (Å²) in [7, 11) is 1.36. The Balaban J connectivity index is 2.72. The van der Waals surface area contributed by atoms with Crippen LogP contribution in [0.15, 0.2) is 0 Å². The van der Waals surface area contributed by atoms with Crippen LogP contribution >= 0.6 is 0 Å². The second-order valence-electron chi connectivity index (χ2n) is 3.65. The van der Waals surface area contributed by atoms with Gasteiger partial charge < -0.3 is 15.4 Å². The summed E-state index contributed by atoms with van der Waals surface area (Å²) >= 11 is 0. The number of methoxy groups -OCH3 is 1. The van der Waals surface area contributed by atoms with E-state index in [1.165, 1.54) is 12.0 Å². The van der Waals surface area contributed by atoms with Crippen molar-refractivity contribution in [1.82, 2.24) is 4.90 Å². The van der Waals surface area contributed by atoms with Gasteiger partial charge in [0.05, 0.1) is 12.5 Å². The van der Waals surface area contributed by atoms with Crippen LogP contribution in [0.2, 0.25) is 0 Å². The van der Waals surface area contributed by atoms with E-state index in [2.05, 4.69) is 0 Å². The van der Waals surface area contributed by atoms with Crippen molar-refractivity contribution >= 4 is 5.96 Å². The van der Waals surface area contributed by atoms with Crippen LogP contribution in [0.3, 0.4) is 0 Å². The Hall–Kier alpha value is -0.980. The van der Waals surface area contributed by atoms with Gasteiger partial charge in [0.15, 0.2) is 5.96 Å². The number of halogens is 3. The van der Waals surface area contributed by atoms with Gasteiger partial charge in [0.1, 0.15) is 0 Å². The van der Waals surface area contributed by atoms with Crippen LogP contribution in [-0.4, -0.2) is 43.8 Å². The van der Waals surface area contributed by atoms with E-state index in [4.69, 9.17) is 15.9 Å². The number of guanidine groups is 1. The summed E-state index contributed by atoms with van der Waals surface area (Å²) in [6.07, 6.45) is -4.26. The van der Waals surface area contributed by atoms with Gasteiger partial charge in [-0.2, -0.15) is 13.2 Å². The molecule has 88 valence electrons. The molecule has 15 heavy (non-hydrogen) atoms. The summed E-state index contributed by atoms with van der Waals surface area (Å²) in [6, 6.07) is 0. The predicted molar refractivity (Wildman–Crippen MR) is 48.4 cm³/mol. The van der Waals surface area contributed by atoms with Gasteiger partial charge >= 0.3 is 6.18 Å². The molecule has 0 amide bonds. The van der Waals surface area contributed by atoms with Gasteiger partial charge in [-0.15, -0.1) is 0 Å². The van der Waals surface area contributed by atoms with Crippen LogP contribution in [0.5, 0.6) is 0 Å². The number of nitrogens with one attached hydrogen (secondary N) is 1. The summed E-state index contributed by atoms with van der Waals surface area (Å²) < 4.78 is 42.5. The Bertz CT molecular complexity index is 244. The quantitative estimate of drug-likeness (QED) is 0.535. The lowest BCUT2D eigenvalue weighted by Gasteiger charge is -2.19. The van der Waals surface area contributed by atoms with E-state index in [0.717, 1.165) is 0 Å². The molecule has 0 unspecified atom stereocenters. The van der Waals surface area contributed by atoms with Gasteiger partial charge in [-0.1, -0.05) is 0 Å². The maximum absolute atomic E-state index is 12.6. The molecule has 2 atom stereocenters. The van der Waals surface area contributed by atoms with E-state index in [1.54, 1.807) is 0 Å². The minimum Gasteiger partial charge on any atom is -0.384 e. The highest BCUT2D eigenvalue weighted by molar-refractivity contribution is 5.74. The van der Waals surface area contributed by atoms with Crippen molar-refractivity contribution in [1.29, 1.82) is 5.41 Å². The van der Waals surface area contributed by atoms with E-state index in [-0.39, 0.29) is 25.7 Å². The summed E-state index contributed by atoms with van der Waals surface area (Å²) in [5.74, 6) is -2.41. The predicted octanol–water partition coefficient (Wildman–Crippen LogP) is 0.637. The smallest absolute Gasteiger partial charge is 0.384 e. The molecule has 0 aromatic carbocycles. The second kappa shape index (κ2) is 4.26. The first kappa shape index (κ1) is 12.1. The van der Waals surface area contributed by atoms with E-state index in [0.29, 0.717) is 0 Å². The number of nitrogens with zero attached hydrogens (tertiary/aromatic N) is 1. The fourth-order valence-corrected chi connectivity index (χ4v) is 1.82. The molecule has 0 spiro atoms. The van der Waals surface area contributed by atoms with Crippen LogP contribution < -0.4 is 5.73 Å². The summed E-state index contributed by atoms with van der Waals surface area (Å²) in [4.78, 5) is 1.22. The first-order chi connectivity index (χ1) is 6.86. The maximum Gasteiger partial charge on any atom is 0.393 e. The van der Waals surface area contributed by atoms with Gasteiger partial charge in [-0.25, -0.2) is 0 Å². The molecule has 1 aliphatic heterocycles. The molecule has 1 aliphatic rings. The average molecular weight is 225 g/mol. The Labute approximate surface area is 85.7 Å². The highest BCUT2D eigenvalue weighted by Crippen LogP contribution is 2.37. The van der Waals surface area contributed by atoms with Gasteiger partial charge in [0.25, 0.3) is 0 Å². The van der Waals surface area contributed by atoms with E-state index < -0.39 is 18.0 Å². The van der Waals surface area contributed by atoms with Crippen molar-refractivity contribution < 1.29 is 17.9 Å². The molecule has 0 radical (unpaired) electrons. The minimum atomic E-state index is -4.26. The van der Waals surface area contributed by atoms with E-state index in [1.807, 2.05) is 0 Å². The van der Waals surface area contributed by atoms with Crippen molar-refractivity contribution in [3.8, 4) is 0 Å². The number of nitrogens with two attached hydrogens (primary N) is 1. The molecule has 4 nitrogen and oxygen atoms in total. The first-order valence-electron chi connectivity index (χ1n) is 4.51. The van der Waals surface area contributed by atoms with Crippen LogP contribution in [0, 0.1) is 17.2 Å². The van der Waals surface area contributed by atoms with Gasteiger partial charge in [0, 0.05) is 26.1 Å². The molecule has 7 heteroatoms. The van der Waals surface area contributed by atoms with Crippen LogP contribution in [0.25, 0.3) is 0 Å². The Morgan fingerprint density at radius 2 is 2.13 bits per heavy atom. The number of alkyl halides is 3. The fraction of sp³-hybridized carbons (Fsp3) is 0.875.